The molecule has 2 atom stereocenters. The summed E-state index contributed by atoms with van der Waals surface area (Å²) in [7, 11) is 0. The van der Waals surface area contributed by atoms with Crippen molar-refractivity contribution in [2.24, 2.45) is 5.92 Å². The second-order valence-corrected chi connectivity index (χ2v) is 6.67. The van der Waals surface area contributed by atoms with Crippen LogP contribution in [-0.4, -0.2) is 35.6 Å². The van der Waals surface area contributed by atoms with Crippen molar-refractivity contribution in [2.45, 2.75) is 77.4 Å². The van der Waals surface area contributed by atoms with Crippen LogP contribution in [0.1, 0.15) is 59.8 Å². The SMILES string of the molecule is CCC1(N2CC(CC(C)C)NCC2C)CCC1. The van der Waals surface area contributed by atoms with Gasteiger partial charge in [0.25, 0.3) is 0 Å². The van der Waals surface area contributed by atoms with Crippen molar-refractivity contribution in [1.82, 2.24) is 10.2 Å². The van der Waals surface area contributed by atoms with Crippen LogP contribution in [0.2, 0.25) is 0 Å². The zero-order chi connectivity index (χ0) is 12.5. The second-order valence-electron chi connectivity index (χ2n) is 6.67. The van der Waals surface area contributed by atoms with Crippen molar-refractivity contribution >= 4 is 0 Å². The maximum Gasteiger partial charge on any atom is 0.0211 e. The zero-order valence-electron chi connectivity index (χ0n) is 12.1. The standard InChI is InChI=1S/C15H30N2/c1-5-15(7-6-8-15)17-11-14(9-12(2)3)16-10-13(17)4/h12-14,16H,5-11H2,1-4H3. The minimum absolute atomic E-state index is 0.566. The van der Waals surface area contributed by atoms with Gasteiger partial charge >= 0.3 is 0 Å². The van der Waals surface area contributed by atoms with E-state index in [0.29, 0.717) is 5.54 Å². The Balaban J connectivity index is 1.99. The van der Waals surface area contributed by atoms with Gasteiger partial charge in [-0.05, 0) is 44.9 Å². The fourth-order valence-corrected chi connectivity index (χ4v) is 3.75. The van der Waals surface area contributed by atoms with E-state index in [1.807, 2.05) is 0 Å². The Kier molecular flexibility index (Phi) is 4.14. The molecule has 0 spiro atoms. The Morgan fingerprint density at radius 3 is 2.53 bits per heavy atom. The number of piperazine rings is 1. The molecule has 0 amide bonds. The Morgan fingerprint density at radius 1 is 1.35 bits per heavy atom. The highest BCUT2D eigenvalue weighted by molar-refractivity contribution is 5.02. The van der Waals surface area contributed by atoms with Gasteiger partial charge in [0.1, 0.15) is 0 Å². The molecule has 17 heavy (non-hydrogen) atoms. The van der Waals surface area contributed by atoms with E-state index in [9.17, 15) is 0 Å². The van der Waals surface area contributed by atoms with E-state index in [0.717, 1.165) is 18.0 Å². The summed E-state index contributed by atoms with van der Waals surface area (Å²) in [4.78, 5) is 2.83. The molecule has 0 bridgehead atoms. The summed E-state index contributed by atoms with van der Waals surface area (Å²) in [5.41, 5.74) is 0.566. The highest BCUT2D eigenvalue weighted by atomic mass is 15.3. The molecular formula is C15H30N2. The van der Waals surface area contributed by atoms with E-state index in [4.69, 9.17) is 0 Å². The lowest BCUT2D eigenvalue weighted by Crippen LogP contribution is -2.65. The summed E-state index contributed by atoms with van der Waals surface area (Å²) in [5, 5.41) is 3.73. The van der Waals surface area contributed by atoms with Crippen LogP contribution in [0.5, 0.6) is 0 Å². The first-order valence-electron chi connectivity index (χ1n) is 7.57. The summed E-state index contributed by atoms with van der Waals surface area (Å²) in [5.74, 6) is 0.807. The predicted molar refractivity (Wildman–Crippen MR) is 74.3 cm³/mol. The summed E-state index contributed by atoms with van der Waals surface area (Å²) in [6.45, 7) is 11.9. The predicted octanol–water partition coefficient (Wildman–Crippen LogP) is 3.03. The van der Waals surface area contributed by atoms with E-state index in [1.54, 1.807) is 0 Å². The molecule has 2 aliphatic rings. The molecule has 1 heterocycles. The molecule has 2 heteroatoms. The van der Waals surface area contributed by atoms with E-state index >= 15 is 0 Å². The van der Waals surface area contributed by atoms with Gasteiger partial charge in [-0.2, -0.15) is 0 Å². The lowest BCUT2D eigenvalue weighted by molar-refractivity contribution is -0.0397. The molecule has 2 unspecified atom stereocenters. The third kappa shape index (κ3) is 2.68. The topological polar surface area (TPSA) is 15.3 Å². The second kappa shape index (κ2) is 5.27. The van der Waals surface area contributed by atoms with Crippen molar-refractivity contribution in [1.29, 1.82) is 0 Å². The third-order valence-corrected chi connectivity index (χ3v) is 4.96. The number of nitrogens with zero attached hydrogens (tertiary/aromatic N) is 1. The molecule has 2 nitrogen and oxygen atoms in total. The molecule has 0 aromatic carbocycles. The molecule has 0 aromatic heterocycles. The van der Waals surface area contributed by atoms with Crippen LogP contribution < -0.4 is 5.32 Å². The Hall–Kier alpha value is -0.0800. The first-order valence-corrected chi connectivity index (χ1v) is 7.57. The van der Waals surface area contributed by atoms with Crippen molar-refractivity contribution < 1.29 is 0 Å². The van der Waals surface area contributed by atoms with Gasteiger partial charge in [-0.3, -0.25) is 4.90 Å². The molecule has 1 saturated carbocycles. The zero-order valence-corrected chi connectivity index (χ0v) is 12.1. The van der Waals surface area contributed by atoms with Crippen LogP contribution in [0, 0.1) is 5.92 Å². The fourth-order valence-electron chi connectivity index (χ4n) is 3.75. The maximum absolute atomic E-state index is 3.73. The lowest BCUT2D eigenvalue weighted by atomic mass is 9.72. The molecule has 100 valence electrons. The number of hydrogen-bond acceptors (Lipinski definition) is 2. The average Bonchev–Trinajstić information content (AvgIpc) is 2.21. The summed E-state index contributed by atoms with van der Waals surface area (Å²) in [6, 6.07) is 1.44. The average molecular weight is 238 g/mol. The van der Waals surface area contributed by atoms with E-state index < -0.39 is 0 Å². The highest BCUT2D eigenvalue weighted by Crippen LogP contribution is 2.42. The van der Waals surface area contributed by atoms with Crippen LogP contribution in [0.4, 0.5) is 0 Å². The van der Waals surface area contributed by atoms with Gasteiger partial charge < -0.3 is 5.32 Å². The van der Waals surface area contributed by atoms with Gasteiger partial charge in [-0.15, -0.1) is 0 Å². The molecule has 1 N–H and O–H groups in total. The normalized spacial score (nSPS) is 33.7. The number of rotatable bonds is 4. The van der Waals surface area contributed by atoms with Crippen LogP contribution in [-0.2, 0) is 0 Å². The van der Waals surface area contributed by atoms with E-state index in [1.165, 1.54) is 45.2 Å². The molecule has 2 rings (SSSR count). The number of nitrogens with one attached hydrogen (secondary N) is 1. The summed E-state index contributed by atoms with van der Waals surface area (Å²) in [6.07, 6.45) is 6.97. The Morgan fingerprint density at radius 2 is 2.06 bits per heavy atom. The minimum Gasteiger partial charge on any atom is -0.311 e. The molecule has 1 saturated heterocycles. The molecule has 1 aliphatic heterocycles. The van der Waals surface area contributed by atoms with Crippen molar-refractivity contribution in [3.05, 3.63) is 0 Å². The van der Waals surface area contributed by atoms with Gasteiger partial charge in [0, 0.05) is 30.7 Å². The fraction of sp³-hybridized carbons (Fsp3) is 1.00. The molecule has 2 fully saturated rings. The summed E-state index contributed by atoms with van der Waals surface area (Å²) < 4.78 is 0. The lowest BCUT2D eigenvalue weighted by Gasteiger charge is -2.56. The van der Waals surface area contributed by atoms with Gasteiger partial charge in [0.05, 0.1) is 0 Å². The first-order chi connectivity index (χ1) is 8.07. The van der Waals surface area contributed by atoms with Crippen LogP contribution >= 0.6 is 0 Å². The van der Waals surface area contributed by atoms with Gasteiger partial charge in [-0.25, -0.2) is 0 Å². The van der Waals surface area contributed by atoms with Gasteiger partial charge in [-0.1, -0.05) is 20.8 Å². The molecule has 0 aromatic rings. The third-order valence-electron chi connectivity index (χ3n) is 4.96. The van der Waals surface area contributed by atoms with Gasteiger partial charge in [0.2, 0.25) is 0 Å². The van der Waals surface area contributed by atoms with Crippen molar-refractivity contribution in [2.75, 3.05) is 13.1 Å². The van der Waals surface area contributed by atoms with Crippen LogP contribution in [0.3, 0.4) is 0 Å². The smallest absolute Gasteiger partial charge is 0.0211 e. The molecule has 1 aliphatic carbocycles. The number of hydrogen-bond donors (Lipinski definition) is 1. The minimum atomic E-state index is 0.566. The van der Waals surface area contributed by atoms with Crippen LogP contribution in [0.25, 0.3) is 0 Å². The maximum atomic E-state index is 3.73. The van der Waals surface area contributed by atoms with Crippen LogP contribution in [0.15, 0.2) is 0 Å². The molecular weight excluding hydrogens is 208 g/mol. The molecule has 0 radical (unpaired) electrons. The largest absolute Gasteiger partial charge is 0.311 e. The Bertz CT molecular complexity index is 240. The van der Waals surface area contributed by atoms with Crippen molar-refractivity contribution in [3.63, 3.8) is 0 Å². The quantitative estimate of drug-likeness (QED) is 0.810. The summed E-state index contributed by atoms with van der Waals surface area (Å²) >= 11 is 0. The van der Waals surface area contributed by atoms with Crippen molar-refractivity contribution in [3.8, 4) is 0 Å². The highest BCUT2D eigenvalue weighted by Gasteiger charge is 2.44. The van der Waals surface area contributed by atoms with E-state index in [-0.39, 0.29) is 0 Å². The Labute approximate surface area is 107 Å². The monoisotopic (exact) mass is 238 g/mol. The first kappa shape index (κ1) is 13.4. The van der Waals surface area contributed by atoms with E-state index in [2.05, 4.69) is 37.9 Å². The van der Waals surface area contributed by atoms with Gasteiger partial charge in [0.15, 0.2) is 0 Å².